The Hall–Kier alpha value is -3.54. The molecule has 1 aromatic heterocycles. The van der Waals surface area contributed by atoms with E-state index in [1.165, 1.54) is 6.07 Å². The Kier molecular flexibility index (Phi) is 6.57. The second kappa shape index (κ2) is 9.31. The minimum absolute atomic E-state index is 0.129. The zero-order chi connectivity index (χ0) is 21.7. The summed E-state index contributed by atoms with van der Waals surface area (Å²) in [7, 11) is 3.42. The molecule has 3 rings (SSSR count). The molecule has 0 aliphatic rings. The molecule has 30 heavy (non-hydrogen) atoms. The van der Waals surface area contributed by atoms with E-state index < -0.39 is 5.63 Å². The number of carbonyl (C=O) groups excluding carboxylic acids is 1. The monoisotopic (exact) mass is 406 g/mol. The Morgan fingerprint density at radius 2 is 1.97 bits per heavy atom. The average Bonchev–Trinajstić information content (AvgIpc) is 2.72. The predicted molar refractivity (Wildman–Crippen MR) is 121 cm³/mol. The van der Waals surface area contributed by atoms with Gasteiger partial charge in [0.15, 0.2) is 0 Å². The van der Waals surface area contributed by atoms with Crippen LogP contribution in [0.1, 0.15) is 20.3 Å². The van der Waals surface area contributed by atoms with Crippen molar-refractivity contribution in [3.05, 3.63) is 71.1 Å². The number of anilines is 3. The maximum absolute atomic E-state index is 12.3. The summed E-state index contributed by atoms with van der Waals surface area (Å²) < 4.78 is 10.7. The number of carbonyl (C=O) groups is 1. The lowest BCUT2D eigenvalue weighted by Crippen LogP contribution is -2.15. The first-order chi connectivity index (χ1) is 14.4. The summed E-state index contributed by atoms with van der Waals surface area (Å²) in [5.41, 5.74) is 2.17. The van der Waals surface area contributed by atoms with Crippen LogP contribution in [0, 0.1) is 5.92 Å². The minimum atomic E-state index is -0.422. The molecular formula is C24H26N2O4. The first kappa shape index (κ1) is 21.2. The number of rotatable bonds is 7. The van der Waals surface area contributed by atoms with Crippen LogP contribution in [-0.2, 0) is 4.79 Å². The quantitative estimate of drug-likeness (QED) is 0.436. The molecule has 6 heteroatoms. The molecular weight excluding hydrogens is 380 g/mol. The lowest BCUT2D eigenvalue weighted by molar-refractivity contribution is -0.115. The molecule has 0 spiro atoms. The van der Waals surface area contributed by atoms with Gasteiger partial charge in [0.1, 0.15) is 11.3 Å². The fourth-order valence-electron chi connectivity index (χ4n) is 3.16. The third-order valence-corrected chi connectivity index (χ3v) is 4.66. The maximum Gasteiger partial charge on any atom is 0.338 e. The van der Waals surface area contributed by atoms with E-state index in [0.29, 0.717) is 28.6 Å². The van der Waals surface area contributed by atoms with Gasteiger partial charge in [-0.3, -0.25) is 4.79 Å². The van der Waals surface area contributed by atoms with E-state index >= 15 is 0 Å². The van der Waals surface area contributed by atoms with Gasteiger partial charge < -0.3 is 19.4 Å². The van der Waals surface area contributed by atoms with E-state index in [1.54, 1.807) is 19.2 Å². The molecule has 0 bridgehead atoms. The zero-order valence-electron chi connectivity index (χ0n) is 17.6. The smallest absolute Gasteiger partial charge is 0.338 e. The Bertz CT molecular complexity index is 1130. The van der Waals surface area contributed by atoms with E-state index in [4.69, 9.17) is 9.15 Å². The Balaban J connectivity index is 1.93. The van der Waals surface area contributed by atoms with Crippen LogP contribution in [-0.4, -0.2) is 20.1 Å². The summed E-state index contributed by atoms with van der Waals surface area (Å²) >= 11 is 0. The van der Waals surface area contributed by atoms with Crippen molar-refractivity contribution in [1.29, 1.82) is 0 Å². The van der Waals surface area contributed by atoms with E-state index in [1.807, 2.05) is 54.4 Å². The molecule has 0 atom stereocenters. The molecule has 156 valence electrons. The first-order valence-corrected chi connectivity index (χ1v) is 9.80. The van der Waals surface area contributed by atoms with E-state index in [9.17, 15) is 9.59 Å². The van der Waals surface area contributed by atoms with Crippen molar-refractivity contribution in [2.24, 2.45) is 5.92 Å². The van der Waals surface area contributed by atoms with Crippen LogP contribution >= 0.6 is 0 Å². The highest BCUT2D eigenvalue weighted by Gasteiger charge is 2.14. The van der Waals surface area contributed by atoms with Crippen LogP contribution in [0.3, 0.4) is 0 Å². The molecule has 2 aromatic carbocycles. The van der Waals surface area contributed by atoms with Gasteiger partial charge in [0.2, 0.25) is 5.91 Å². The molecule has 0 aliphatic carbocycles. The number of methoxy groups -OCH3 is 1. The minimum Gasteiger partial charge on any atom is -0.495 e. The van der Waals surface area contributed by atoms with E-state index in [-0.39, 0.29) is 12.3 Å². The van der Waals surface area contributed by atoms with Crippen LogP contribution in [0.5, 0.6) is 5.75 Å². The fourth-order valence-corrected chi connectivity index (χ4v) is 3.16. The van der Waals surface area contributed by atoms with Gasteiger partial charge in [0.05, 0.1) is 18.5 Å². The van der Waals surface area contributed by atoms with Crippen LogP contribution in [0.4, 0.5) is 17.1 Å². The van der Waals surface area contributed by atoms with E-state index in [0.717, 1.165) is 11.1 Å². The number of amides is 1. The second-order valence-electron chi connectivity index (χ2n) is 7.31. The highest BCUT2D eigenvalue weighted by molar-refractivity contribution is 5.95. The van der Waals surface area contributed by atoms with Crippen LogP contribution < -0.4 is 20.6 Å². The molecule has 1 amide bonds. The largest absolute Gasteiger partial charge is 0.495 e. The molecule has 6 nitrogen and oxygen atoms in total. The topological polar surface area (TPSA) is 71.8 Å². The average molecular weight is 406 g/mol. The zero-order valence-corrected chi connectivity index (χ0v) is 17.6. The Labute approximate surface area is 175 Å². The van der Waals surface area contributed by atoms with Crippen molar-refractivity contribution < 1.29 is 13.9 Å². The standard InChI is InChI=1S/C24H26N2O4/c1-16(2)8-7-11-23(27)25-19-14-17(12-13-22(19)29-4)26(3)20-15-24(28)30-21-10-6-5-9-18(20)21/h5-10,12-16H,11H2,1-4H3,(H,25,27). The van der Waals surface area contributed by atoms with Crippen molar-refractivity contribution in [3.8, 4) is 5.75 Å². The first-order valence-electron chi connectivity index (χ1n) is 9.80. The van der Waals surface area contributed by atoms with Crippen LogP contribution in [0.15, 0.2) is 69.9 Å². The van der Waals surface area contributed by atoms with Crippen molar-refractivity contribution in [3.63, 3.8) is 0 Å². The highest BCUT2D eigenvalue weighted by Crippen LogP contribution is 2.34. The number of fused-ring (bicyclic) bond motifs is 1. The summed E-state index contributed by atoms with van der Waals surface area (Å²) in [5.74, 6) is 0.823. The summed E-state index contributed by atoms with van der Waals surface area (Å²) in [6.07, 6.45) is 4.14. The molecule has 1 N–H and O–H groups in total. The number of allylic oxidation sites excluding steroid dienone is 1. The lowest BCUT2D eigenvalue weighted by atomic mass is 10.1. The van der Waals surface area contributed by atoms with Gasteiger partial charge in [-0.25, -0.2) is 4.79 Å². The van der Waals surface area contributed by atoms with Crippen molar-refractivity contribution in [2.45, 2.75) is 20.3 Å². The summed E-state index contributed by atoms with van der Waals surface area (Å²) in [4.78, 5) is 26.3. The van der Waals surface area contributed by atoms with Gasteiger partial charge in [-0.05, 0) is 36.2 Å². The van der Waals surface area contributed by atoms with Gasteiger partial charge in [-0.2, -0.15) is 0 Å². The van der Waals surface area contributed by atoms with Crippen molar-refractivity contribution in [2.75, 3.05) is 24.4 Å². The molecule has 0 saturated heterocycles. The Morgan fingerprint density at radius 3 is 2.70 bits per heavy atom. The van der Waals surface area contributed by atoms with E-state index in [2.05, 4.69) is 19.2 Å². The molecule has 1 heterocycles. The number of hydrogen-bond donors (Lipinski definition) is 1. The molecule has 0 fully saturated rings. The predicted octanol–water partition coefficient (Wildman–Crippen LogP) is 5.11. The Morgan fingerprint density at radius 1 is 1.20 bits per heavy atom. The summed E-state index contributed by atoms with van der Waals surface area (Å²) in [6, 6.07) is 14.3. The van der Waals surface area contributed by atoms with Gasteiger partial charge in [0.25, 0.3) is 0 Å². The highest BCUT2D eigenvalue weighted by atomic mass is 16.5. The van der Waals surface area contributed by atoms with Gasteiger partial charge >= 0.3 is 5.63 Å². The fraction of sp³-hybridized carbons (Fsp3) is 0.250. The third-order valence-electron chi connectivity index (χ3n) is 4.66. The van der Waals surface area contributed by atoms with Crippen LogP contribution in [0.25, 0.3) is 11.0 Å². The number of hydrogen-bond acceptors (Lipinski definition) is 5. The molecule has 0 aliphatic heterocycles. The molecule has 0 saturated carbocycles. The third kappa shape index (κ3) is 4.89. The van der Waals surface area contributed by atoms with Crippen LogP contribution in [0.2, 0.25) is 0 Å². The van der Waals surface area contributed by atoms with Gasteiger partial charge in [0, 0.05) is 30.6 Å². The SMILES string of the molecule is COc1ccc(N(C)c2cc(=O)oc3ccccc23)cc1NC(=O)CC=CC(C)C. The van der Waals surface area contributed by atoms with Crippen molar-refractivity contribution >= 4 is 33.9 Å². The molecule has 0 radical (unpaired) electrons. The second-order valence-corrected chi connectivity index (χ2v) is 7.31. The number of ether oxygens (including phenoxy) is 1. The lowest BCUT2D eigenvalue weighted by Gasteiger charge is -2.22. The van der Waals surface area contributed by atoms with Crippen molar-refractivity contribution in [1.82, 2.24) is 0 Å². The number of benzene rings is 2. The van der Waals surface area contributed by atoms with Gasteiger partial charge in [-0.15, -0.1) is 0 Å². The van der Waals surface area contributed by atoms with Gasteiger partial charge in [-0.1, -0.05) is 38.1 Å². The number of nitrogens with zero attached hydrogens (tertiary/aromatic N) is 1. The summed E-state index contributed by atoms with van der Waals surface area (Å²) in [5, 5.41) is 3.73. The molecule has 0 unspecified atom stereocenters. The number of para-hydroxylation sites is 1. The summed E-state index contributed by atoms with van der Waals surface area (Å²) in [6.45, 7) is 4.12. The molecule has 3 aromatic rings. The normalized spacial score (nSPS) is 11.2. The maximum atomic E-state index is 12.3. The number of nitrogens with one attached hydrogen (secondary N) is 1.